The Bertz CT molecular complexity index is 1080. The lowest BCUT2D eigenvalue weighted by Gasteiger charge is -2.07. The number of aryl methyl sites for hydroxylation is 1. The van der Waals surface area contributed by atoms with Gasteiger partial charge in [-0.2, -0.15) is 0 Å². The third-order valence-corrected chi connectivity index (χ3v) is 5.68. The maximum atomic E-state index is 12.3. The molecule has 2 heterocycles. The third kappa shape index (κ3) is 4.22. The SMILES string of the molecule is C=P(=C)c1ccc(Oc2ccc(S(=O)(=O)Nc3cc(C)on3)cn2)cc1. The van der Waals surface area contributed by atoms with Crippen LogP contribution in [0.5, 0.6) is 11.6 Å². The minimum absolute atomic E-state index is 0.0133. The van der Waals surface area contributed by atoms with E-state index in [0.717, 1.165) is 5.30 Å². The summed E-state index contributed by atoms with van der Waals surface area (Å²) in [6, 6.07) is 11.7. The number of hydrogen-bond acceptors (Lipinski definition) is 6. The van der Waals surface area contributed by atoms with E-state index in [9.17, 15) is 8.42 Å². The van der Waals surface area contributed by atoms with E-state index in [1.165, 1.54) is 24.4 Å². The Labute approximate surface area is 151 Å². The van der Waals surface area contributed by atoms with E-state index in [-0.39, 0.29) is 16.6 Å². The van der Waals surface area contributed by atoms with E-state index >= 15 is 0 Å². The molecule has 0 radical (unpaired) electrons. The maximum Gasteiger partial charge on any atom is 0.264 e. The highest BCUT2D eigenvalue weighted by Crippen LogP contribution is 2.21. The number of anilines is 1. The van der Waals surface area contributed by atoms with E-state index in [4.69, 9.17) is 9.26 Å². The maximum absolute atomic E-state index is 12.3. The van der Waals surface area contributed by atoms with Gasteiger partial charge in [-0.25, -0.2) is 13.4 Å². The van der Waals surface area contributed by atoms with Crippen LogP contribution in [0.4, 0.5) is 5.82 Å². The van der Waals surface area contributed by atoms with Crippen LogP contribution in [0.1, 0.15) is 5.76 Å². The molecule has 26 heavy (non-hydrogen) atoms. The topological polar surface area (TPSA) is 94.3 Å². The highest BCUT2D eigenvalue weighted by Gasteiger charge is 2.17. The summed E-state index contributed by atoms with van der Waals surface area (Å²) in [5, 5.41) is 4.65. The molecule has 2 aromatic heterocycles. The predicted molar refractivity (Wildman–Crippen MR) is 104 cm³/mol. The van der Waals surface area contributed by atoms with Crippen LogP contribution < -0.4 is 14.8 Å². The van der Waals surface area contributed by atoms with Gasteiger partial charge in [-0.1, -0.05) is 17.8 Å². The Kier molecular flexibility index (Phi) is 4.97. The van der Waals surface area contributed by atoms with Gasteiger partial charge in [0.25, 0.3) is 10.0 Å². The van der Waals surface area contributed by atoms with Crippen molar-refractivity contribution in [3.05, 3.63) is 54.4 Å². The molecule has 0 saturated carbocycles. The Hall–Kier alpha value is -2.83. The molecule has 7 nitrogen and oxygen atoms in total. The van der Waals surface area contributed by atoms with Gasteiger partial charge in [0.2, 0.25) is 5.88 Å². The van der Waals surface area contributed by atoms with Gasteiger partial charge < -0.3 is 9.26 Å². The van der Waals surface area contributed by atoms with Gasteiger partial charge in [-0.3, -0.25) is 4.72 Å². The van der Waals surface area contributed by atoms with Crippen LogP contribution in [-0.4, -0.2) is 31.2 Å². The van der Waals surface area contributed by atoms with Crippen LogP contribution in [0, 0.1) is 6.92 Å². The third-order valence-electron chi connectivity index (χ3n) is 3.31. The number of pyridine rings is 1. The summed E-state index contributed by atoms with van der Waals surface area (Å²) < 4.78 is 37.4. The van der Waals surface area contributed by atoms with Crippen molar-refractivity contribution in [3.8, 4) is 11.6 Å². The number of ether oxygens (including phenoxy) is 1. The lowest BCUT2D eigenvalue weighted by atomic mass is 10.3. The number of sulfonamides is 1. The Balaban J connectivity index is 1.73. The van der Waals surface area contributed by atoms with Crippen molar-refractivity contribution >= 4 is 40.9 Å². The van der Waals surface area contributed by atoms with Gasteiger partial charge in [0.1, 0.15) is 16.4 Å². The molecule has 0 saturated heterocycles. The lowest BCUT2D eigenvalue weighted by Crippen LogP contribution is -2.13. The highest BCUT2D eigenvalue weighted by molar-refractivity contribution is 7.92. The molecule has 134 valence electrons. The summed E-state index contributed by atoms with van der Waals surface area (Å²) in [5.74, 6) is 1.48. The zero-order chi connectivity index (χ0) is 18.7. The van der Waals surface area contributed by atoms with Crippen molar-refractivity contribution in [1.29, 1.82) is 0 Å². The smallest absolute Gasteiger partial charge is 0.264 e. The first-order chi connectivity index (χ1) is 12.3. The summed E-state index contributed by atoms with van der Waals surface area (Å²) >= 11 is 0. The molecule has 0 aliphatic rings. The van der Waals surface area contributed by atoms with E-state index in [1.54, 1.807) is 19.1 Å². The van der Waals surface area contributed by atoms with Gasteiger partial charge in [0, 0.05) is 12.1 Å². The standard InChI is InChI=1S/C17H16N3O4PS/c1-12-10-16(19-24-12)20-26(21,22)15-8-9-17(18-11-15)23-13-4-6-14(7-5-13)25(2)3/h4-11H,2-3H2,1H3,(H,19,20). The van der Waals surface area contributed by atoms with Crippen LogP contribution in [0.15, 0.2) is 58.1 Å². The molecule has 1 N–H and O–H groups in total. The van der Waals surface area contributed by atoms with Crippen LogP contribution in [0.2, 0.25) is 0 Å². The van der Waals surface area contributed by atoms with E-state index < -0.39 is 17.2 Å². The van der Waals surface area contributed by atoms with Gasteiger partial charge in [-0.15, -0.1) is 7.17 Å². The zero-order valence-corrected chi connectivity index (χ0v) is 15.6. The fraction of sp³-hybridized carbons (Fsp3) is 0.0588. The first kappa shape index (κ1) is 18.0. The van der Waals surface area contributed by atoms with Crippen molar-refractivity contribution in [1.82, 2.24) is 10.1 Å². The normalized spacial score (nSPS) is 11.1. The number of rotatable bonds is 6. The number of nitrogens with zero attached hydrogens (tertiary/aromatic N) is 2. The molecule has 3 rings (SSSR count). The van der Waals surface area contributed by atoms with Crippen molar-refractivity contribution in [2.75, 3.05) is 4.72 Å². The first-order valence-corrected chi connectivity index (χ1v) is 10.6. The Morgan fingerprint density at radius 3 is 2.42 bits per heavy atom. The number of hydrogen-bond donors (Lipinski definition) is 1. The van der Waals surface area contributed by atoms with Crippen LogP contribution in [-0.2, 0) is 10.0 Å². The van der Waals surface area contributed by atoms with Crippen molar-refractivity contribution in [2.45, 2.75) is 11.8 Å². The zero-order valence-electron chi connectivity index (χ0n) is 13.9. The second kappa shape index (κ2) is 7.19. The van der Waals surface area contributed by atoms with E-state index in [0.29, 0.717) is 11.5 Å². The molecule has 0 fully saturated rings. The van der Waals surface area contributed by atoms with Crippen molar-refractivity contribution < 1.29 is 17.7 Å². The Morgan fingerprint density at radius 2 is 1.88 bits per heavy atom. The average molecular weight is 389 g/mol. The minimum atomic E-state index is -3.81. The fourth-order valence-electron chi connectivity index (χ4n) is 2.04. The molecule has 0 aliphatic heterocycles. The van der Waals surface area contributed by atoms with E-state index in [2.05, 4.69) is 27.5 Å². The van der Waals surface area contributed by atoms with Gasteiger partial charge in [0.05, 0.1) is 6.20 Å². The van der Waals surface area contributed by atoms with Gasteiger partial charge in [-0.05, 0) is 42.6 Å². The summed E-state index contributed by atoms with van der Waals surface area (Å²) in [7, 11) is -4.47. The summed E-state index contributed by atoms with van der Waals surface area (Å²) in [5.41, 5.74) is 0. The fourth-order valence-corrected chi connectivity index (χ4v) is 3.54. The Morgan fingerprint density at radius 1 is 1.15 bits per heavy atom. The van der Waals surface area contributed by atoms with Gasteiger partial charge >= 0.3 is 0 Å². The highest BCUT2D eigenvalue weighted by atomic mass is 32.2. The number of benzene rings is 1. The predicted octanol–water partition coefficient (Wildman–Crippen LogP) is 2.94. The van der Waals surface area contributed by atoms with Crippen molar-refractivity contribution in [2.24, 2.45) is 0 Å². The first-order valence-electron chi connectivity index (χ1n) is 7.45. The molecule has 0 amide bonds. The largest absolute Gasteiger partial charge is 0.439 e. The number of aromatic nitrogens is 2. The van der Waals surface area contributed by atoms with Crippen LogP contribution in [0.25, 0.3) is 0 Å². The molecular formula is C17H16N3O4PS. The second-order valence-corrected chi connectivity index (χ2v) is 8.67. The molecule has 9 heteroatoms. The number of nitrogens with one attached hydrogen (secondary N) is 1. The molecule has 1 aromatic carbocycles. The molecular weight excluding hydrogens is 373 g/mol. The summed E-state index contributed by atoms with van der Waals surface area (Å²) in [4.78, 5) is 4.03. The summed E-state index contributed by atoms with van der Waals surface area (Å²) in [6.45, 7) is 1.67. The van der Waals surface area contributed by atoms with Crippen LogP contribution >= 0.6 is 7.17 Å². The van der Waals surface area contributed by atoms with Gasteiger partial charge in [0.15, 0.2) is 5.82 Å². The average Bonchev–Trinajstić information content (AvgIpc) is 3.00. The molecule has 0 bridgehead atoms. The molecule has 3 aromatic rings. The molecule has 0 atom stereocenters. The van der Waals surface area contributed by atoms with Crippen molar-refractivity contribution in [3.63, 3.8) is 0 Å². The molecule has 0 unspecified atom stereocenters. The second-order valence-electron chi connectivity index (χ2n) is 5.40. The lowest BCUT2D eigenvalue weighted by molar-refractivity contribution is 0.400. The molecule has 0 spiro atoms. The molecule has 0 aliphatic carbocycles. The van der Waals surface area contributed by atoms with Crippen LogP contribution in [0.3, 0.4) is 0 Å². The van der Waals surface area contributed by atoms with E-state index in [1.807, 2.05) is 12.1 Å². The monoisotopic (exact) mass is 389 g/mol. The minimum Gasteiger partial charge on any atom is -0.439 e. The quantitative estimate of drug-likeness (QED) is 0.652. The summed E-state index contributed by atoms with van der Waals surface area (Å²) in [6.07, 6.45) is 9.04.